The van der Waals surface area contributed by atoms with Crippen LogP contribution in [0.15, 0.2) is 23.6 Å². The first kappa shape index (κ1) is 24.4. The molecule has 0 radical (unpaired) electrons. The van der Waals surface area contributed by atoms with Crippen molar-refractivity contribution in [2.45, 2.75) is 73.1 Å². The molecule has 32 heavy (non-hydrogen) atoms. The first-order chi connectivity index (χ1) is 15.0. The molecule has 0 atom stereocenters. The van der Waals surface area contributed by atoms with Crippen LogP contribution < -0.4 is 5.32 Å². The number of likely N-dealkylation sites (tertiary alicyclic amines) is 1. The van der Waals surface area contributed by atoms with E-state index in [2.05, 4.69) is 51.2 Å². The van der Waals surface area contributed by atoms with E-state index in [4.69, 9.17) is 4.98 Å². The van der Waals surface area contributed by atoms with Crippen LogP contribution in [0.1, 0.15) is 84.3 Å². The van der Waals surface area contributed by atoms with E-state index in [0.717, 1.165) is 11.3 Å². The van der Waals surface area contributed by atoms with Gasteiger partial charge >= 0.3 is 0 Å². The Balaban J connectivity index is 1.66. The summed E-state index contributed by atoms with van der Waals surface area (Å²) in [7, 11) is 0. The van der Waals surface area contributed by atoms with E-state index >= 15 is 0 Å². The topological polar surface area (TPSA) is 62.3 Å². The van der Waals surface area contributed by atoms with Crippen molar-refractivity contribution in [2.24, 2.45) is 11.3 Å². The number of carbonyl (C=O) groups is 2. The summed E-state index contributed by atoms with van der Waals surface area (Å²) in [6.45, 7) is 15.9. The number of nitrogens with zero attached hydrogens (tertiary/aromatic N) is 2. The molecule has 5 nitrogen and oxygen atoms in total. The molecule has 0 bridgehead atoms. The highest BCUT2D eigenvalue weighted by Gasteiger charge is 2.32. The van der Waals surface area contributed by atoms with Crippen molar-refractivity contribution >= 4 is 28.3 Å². The lowest BCUT2D eigenvalue weighted by Crippen LogP contribution is -2.45. The standard InChI is InChI=1S/C26H37N3O2S/c1-16(2)19-8-9-20(21(14-19)17(3)4)22-15-32-25(27-22)28-23(30)18-10-12-29(13-11-18)24(31)26(5,6)7/h8-9,14-18H,10-13H2,1-7H3,(H,27,28,30). The van der Waals surface area contributed by atoms with Crippen molar-refractivity contribution in [2.75, 3.05) is 18.4 Å². The SMILES string of the molecule is CC(C)c1ccc(-c2csc(NC(=O)C3CCN(C(=O)C(C)(C)C)CC3)n2)c(C(C)C)c1. The lowest BCUT2D eigenvalue weighted by Gasteiger charge is -2.35. The van der Waals surface area contributed by atoms with Gasteiger partial charge in [-0.25, -0.2) is 4.98 Å². The summed E-state index contributed by atoms with van der Waals surface area (Å²) < 4.78 is 0. The average molecular weight is 456 g/mol. The quantitative estimate of drug-likeness (QED) is 0.577. The smallest absolute Gasteiger partial charge is 0.229 e. The maximum absolute atomic E-state index is 12.8. The second-order valence-corrected chi connectivity index (χ2v) is 11.4. The predicted molar refractivity (Wildman–Crippen MR) is 133 cm³/mol. The minimum Gasteiger partial charge on any atom is -0.342 e. The molecule has 2 aromatic rings. The van der Waals surface area contributed by atoms with Gasteiger partial charge in [0.2, 0.25) is 11.8 Å². The number of rotatable bonds is 5. The van der Waals surface area contributed by atoms with E-state index in [9.17, 15) is 9.59 Å². The number of hydrogen-bond donors (Lipinski definition) is 1. The Morgan fingerprint density at radius 2 is 1.75 bits per heavy atom. The van der Waals surface area contributed by atoms with Crippen molar-refractivity contribution < 1.29 is 9.59 Å². The largest absolute Gasteiger partial charge is 0.342 e. The van der Waals surface area contributed by atoms with Gasteiger partial charge in [-0.3, -0.25) is 9.59 Å². The van der Waals surface area contributed by atoms with E-state index in [1.54, 1.807) is 0 Å². The third-order valence-electron chi connectivity index (χ3n) is 6.17. The molecule has 174 valence electrons. The molecule has 2 heterocycles. The van der Waals surface area contributed by atoms with Crippen LogP contribution >= 0.6 is 11.3 Å². The Bertz CT molecular complexity index is 964. The van der Waals surface area contributed by atoms with Gasteiger partial charge in [0.1, 0.15) is 0 Å². The van der Waals surface area contributed by atoms with Crippen LogP contribution in [0.25, 0.3) is 11.3 Å². The number of piperidine rings is 1. The van der Waals surface area contributed by atoms with E-state index in [1.165, 1.54) is 22.5 Å². The van der Waals surface area contributed by atoms with Gasteiger partial charge in [-0.15, -0.1) is 11.3 Å². The van der Waals surface area contributed by atoms with E-state index in [-0.39, 0.29) is 23.1 Å². The summed E-state index contributed by atoms with van der Waals surface area (Å²) in [5.74, 6) is 0.961. The van der Waals surface area contributed by atoms with Gasteiger partial charge in [0.25, 0.3) is 0 Å². The number of carbonyl (C=O) groups excluding carboxylic acids is 2. The summed E-state index contributed by atoms with van der Waals surface area (Å²) in [6, 6.07) is 6.62. The third-order valence-corrected chi connectivity index (χ3v) is 6.93. The van der Waals surface area contributed by atoms with Crippen molar-refractivity contribution in [3.63, 3.8) is 0 Å². The zero-order valence-corrected chi connectivity index (χ0v) is 21.3. The van der Waals surface area contributed by atoms with E-state index in [1.807, 2.05) is 31.1 Å². The van der Waals surface area contributed by atoms with Crippen molar-refractivity contribution in [3.05, 3.63) is 34.7 Å². The molecule has 1 fully saturated rings. The molecule has 1 saturated heterocycles. The fourth-order valence-corrected chi connectivity index (χ4v) is 4.85. The second kappa shape index (κ2) is 9.74. The number of nitrogens with one attached hydrogen (secondary N) is 1. The fourth-order valence-electron chi connectivity index (χ4n) is 4.13. The van der Waals surface area contributed by atoms with Crippen LogP contribution in [0.2, 0.25) is 0 Å². The van der Waals surface area contributed by atoms with Gasteiger partial charge in [0.15, 0.2) is 5.13 Å². The van der Waals surface area contributed by atoms with Gasteiger partial charge in [0, 0.05) is 35.4 Å². The predicted octanol–water partition coefficient (Wildman–Crippen LogP) is 6.28. The summed E-state index contributed by atoms with van der Waals surface area (Å²) in [4.78, 5) is 31.9. The minimum absolute atomic E-state index is 0.00740. The van der Waals surface area contributed by atoms with Crippen molar-refractivity contribution in [3.8, 4) is 11.3 Å². The van der Waals surface area contributed by atoms with Gasteiger partial charge < -0.3 is 10.2 Å². The summed E-state index contributed by atoms with van der Waals surface area (Å²) in [6.07, 6.45) is 1.39. The zero-order chi connectivity index (χ0) is 23.6. The Labute approximate surface area is 196 Å². The monoisotopic (exact) mass is 455 g/mol. The summed E-state index contributed by atoms with van der Waals surface area (Å²) in [5.41, 5.74) is 4.28. The average Bonchev–Trinajstić information content (AvgIpc) is 3.20. The molecule has 1 aromatic heterocycles. The fraction of sp³-hybridized carbons (Fsp3) is 0.577. The van der Waals surface area contributed by atoms with Crippen LogP contribution in [-0.4, -0.2) is 34.8 Å². The molecule has 0 unspecified atom stereocenters. The minimum atomic E-state index is -0.380. The number of hydrogen-bond acceptors (Lipinski definition) is 4. The van der Waals surface area contributed by atoms with Crippen LogP contribution in [0.5, 0.6) is 0 Å². The van der Waals surface area contributed by atoms with Crippen LogP contribution in [0.4, 0.5) is 5.13 Å². The maximum Gasteiger partial charge on any atom is 0.229 e. The number of aromatic nitrogens is 1. The van der Waals surface area contributed by atoms with Gasteiger partial charge in [0.05, 0.1) is 5.69 Å². The molecule has 1 N–H and O–H groups in total. The number of anilines is 1. The molecular formula is C26H37N3O2S. The Kier molecular flexibility index (Phi) is 7.43. The number of benzene rings is 1. The highest BCUT2D eigenvalue weighted by atomic mass is 32.1. The second-order valence-electron chi connectivity index (χ2n) is 10.5. The van der Waals surface area contributed by atoms with Crippen molar-refractivity contribution in [1.29, 1.82) is 0 Å². The van der Waals surface area contributed by atoms with Crippen LogP contribution in [0, 0.1) is 11.3 Å². The lowest BCUT2D eigenvalue weighted by atomic mass is 9.90. The summed E-state index contributed by atoms with van der Waals surface area (Å²) in [5, 5.41) is 5.68. The third kappa shape index (κ3) is 5.58. The first-order valence-electron chi connectivity index (χ1n) is 11.7. The Morgan fingerprint density at radius 3 is 2.31 bits per heavy atom. The van der Waals surface area contributed by atoms with Crippen molar-refractivity contribution in [1.82, 2.24) is 9.88 Å². The first-order valence-corrected chi connectivity index (χ1v) is 12.5. The van der Waals surface area contributed by atoms with Crippen LogP contribution in [-0.2, 0) is 9.59 Å². The molecule has 1 aliphatic rings. The molecule has 1 aliphatic heterocycles. The lowest BCUT2D eigenvalue weighted by molar-refractivity contribution is -0.142. The Morgan fingerprint density at radius 1 is 1.09 bits per heavy atom. The van der Waals surface area contributed by atoms with Gasteiger partial charge in [-0.05, 0) is 35.8 Å². The molecule has 0 saturated carbocycles. The highest BCUT2D eigenvalue weighted by Crippen LogP contribution is 2.34. The molecule has 0 aliphatic carbocycles. The normalized spacial score (nSPS) is 15.5. The maximum atomic E-state index is 12.8. The highest BCUT2D eigenvalue weighted by molar-refractivity contribution is 7.14. The number of thiazole rings is 1. The molecule has 6 heteroatoms. The number of amides is 2. The summed E-state index contributed by atoms with van der Waals surface area (Å²) >= 11 is 1.47. The van der Waals surface area contributed by atoms with Gasteiger partial charge in [-0.2, -0.15) is 0 Å². The van der Waals surface area contributed by atoms with Gasteiger partial charge in [-0.1, -0.05) is 66.7 Å². The van der Waals surface area contributed by atoms with E-state index in [0.29, 0.717) is 42.9 Å². The molecule has 1 aromatic carbocycles. The molecule has 2 amide bonds. The Hall–Kier alpha value is -2.21. The molecule has 0 spiro atoms. The van der Waals surface area contributed by atoms with E-state index < -0.39 is 0 Å². The molecular weight excluding hydrogens is 418 g/mol. The zero-order valence-electron chi connectivity index (χ0n) is 20.5. The molecule has 3 rings (SSSR count). The van der Waals surface area contributed by atoms with Crippen LogP contribution in [0.3, 0.4) is 0 Å².